The van der Waals surface area contributed by atoms with Crippen LogP contribution in [0.25, 0.3) is 5.82 Å². The molecule has 0 saturated carbocycles. The van der Waals surface area contributed by atoms with E-state index in [2.05, 4.69) is 15.0 Å². The van der Waals surface area contributed by atoms with Crippen LogP contribution >= 0.6 is 23.2 Å². The highest BCUT2D eigenvalue weighted by Gasteiger charge is 2.38. The number of carboxylic acids is 1. The smallest absolute Gasteiger partial charge is 0.475 e. The van der Waals surface area contributed by atoms with E-state index in [4.69, 9.17) is 33.1 Å². The summed E-state index contributed by atoms with van der Waals surface area (Å²) in [7, 11) is -1.66. The summed E-state index contributed by atoms with van der Waals surface area (Å²) < 4.78 is 60.3. The number of likely N-dealkylation sites (N-methyl/N-ethyl adjacent to an activating group) is 1. The van der Waals surface area contributed by atoms with Crippen molar-refractivity contribution in [1.82, 2.24) is 24.0 Å². The molecule has 1 aromatic carbocycles. The van der Waals surface area contributed by atoms with E-state index in [1.54, 1.807) is 25.1 Å². The van der Waals surface area contributed by atoms with E-state index in [0.29, 0.717) is 59.7 Å². The number of aromatic amines is 1. The molecule has 10 nitrogen and oxygen atoms in total. The van der Waals surface area contributed by atoms with Gasteiger partial charge in [-0.05, 0) is 43.8 Å². The van der Waals surface area contributed by atoms with Gasteiger partial charge in [0.05, 0.1) is 0 Å². The molecule has 3 aromatic rings. The van der Waals surface area contributed by atoms with Crippen molar-refractivity contribution >= 4 is 39.2 Å². The van der Waals surface area contributed by atoms with Crippen LogP contribution in [0.15, 0.2) is 46.2 Å². The van der Waals surface area contributed by atoms with Gasteiger partial charge in [0.2, 0.25) is 10.0 Å². The van der Waals surface area contributed by atoms with Crippen LogP contribution in [0.4, 0.5) is 13.2 Å². The number of alkyl halides is 3. The predicted molar refractivity (Wildman–Crippen MR) is 138 cm³/mol. The van der Waals surface area contributed by atoms with Gasteiger partial charge in [0.25, 0.3) is 5.56 Å². The van der Waals surface area contributed by atoms with E-state index in [9.17, 15) is 26.4 Å². The summed E-state index contributed by atoms with van der Waals surface area (Å²) in [5.41, 5.74) is 1.74. The third-order valence-electron chi connectivity index (χ3n) is 5.87. The van der Waals surface area contributed by atoms with E-state index in [1.807, 2.05) is 7.05 Å². The molecule has 1 saturated heterocycles. The highest BCUT2D eigenvalue weighted by molar-refractivity contribution is 7.89. The largest absolute Gasteiger partial charge is 0.490 e. The fourth-order valence-electron chi connectivity index (χ4n) is 3.64. The summed E-state index contributed by atoms with van der Waals surface area (Å²) in [5.74, 6) is -2.45. The number of carbonyl (C=O) groups is 1. The van der Waals surface area contributed by atoms with Gasteiger partial charge in [0, 0.05) is 60.1 Å². The third-order valence-corrected chi connectivity index (χ3v) is 8.34. The quantitative estimate of drug-likeness (QED) is 0.454. The Labute approximate surface area is 231 Å². The Kier molecular flexibility index (Phi) is 9.49. The SMILES string of the molecule is Cc1[nH]n(-c2ccc(S(=O)(=O)N3CCN(C)CC3)cn2)c(=O)c1Cc1ccc(Cl)cc1Cl.O=C(O)C(F)(F)F. The van der Waals surface area contributed by atoms with Gasteiger partial charge < -0.3 is 10.0 Å². The number of nitrogens with zero attached hydrogens (tertiary/aromatic N) is 4. The van der Waals surface area contributed by atoms with Crippen LogP contribution in [-0.2, 0) is 21.2 Å². The van der Waals surface area contributed by atoms with Gasteiger partial charge in [-0.25, -0.2) is 22.9 Å². The molecule has 39 heavy (non-hydrogen) atoms. The van der Waals surface area contributed by atoms with Crippen LogP contribution in [0.5, 0.6) is 0 Å². The Morgan fingerprint density at radius 3 is 2.26 bits per heavy atom. The van der Waals surface area contributed by atoms with Crippen molar-refractivity contribution in [1.29, 1.82) is 0 Å². The number of benzene rings is 1. The maximum Gasteiger partial charge on any atom is 0.490 e. The molecule has 2 aromatic heterocycles. The van der Waals surface area contributed by atoms with Crippen LogP contribution in [0.1, 0.15) is 16.8 Å². The lowest BCUT2D eigenvalue weighted by Crippen LogP contribution is -2.47. The number of rotatable bonds is 5. The first-order chi connectivity index (χ1) is 18.1. The van der Waals surface area contributed by atoms with Crippen molar-refractivity contribution < 1.29 is 31.5 Å². The minimum absolute atomic E-state index is 0.107. The molecule has 3 heterocycles. The number of halogens is 5. The first kappa shape index (κ1) is 30.6. The fraction of sp³-hybridized carbons (Fsp3) is 0.348. The van der Waals surface area contributed by atoms with Crippen LogP contribution in [-0.4, -0.2) is 82.9 Å². The van der Waals surface area contributed by atoms with Gasteiger partial charge in [-0.15, -0.1) is 0 Å². The topological polar surface area (TPSA) is 129 Å². The molecular formula is C23H24Cl2F3N5O5S. The van der Waals surface area contributed by atoms with Gasteiger partial charge in [-0.3, -0.25) is 9.89 Å². The molecule has 0 spiro atoms. The number of H-pyrrole nitrogens is 1. The van der Waals surface area contributed by atoms with Crippen molar-refractivity contribution in [3.8, 4) is 5.82 Å². The molecule has 0 radical (unpaired) electrons. The maximum absolute atomic E-state index is 13.0. The summed E-state index contributed by atoms with van der Waals surface area (Å²) in [5, 5.41) is 11.2. The minimum atomic E-state index is -5.08. The lowest BCUT2D eigenvalue weighted by Gasteiger charge is -2.31. The monoisotopic (exact) mass is 609 g/mol. The zero-order valence-corrected chi connectivity index (χ0v) is 23.0. The number of aryl methyl sites for hydroxylation is 1. The average molecular weight is 610 g/mol. The van der Waals surface area contributed by atoms with Gasteiger partial charge in [-0.2, -0.15) is 17.5 Å². The number of pyridine rings is 1. The van der Waals surface area contributed by atoms with Crippen LogP contribution in [0, 0.1) is 6.92 Å². The number of aliphatic carboxylic acids is 1. The number of hydrogen-bond donors (Lipinski definition) is 2. The number of carboxylic acid groups (broad SMARTS) is 1. The fourth-order valence-corrected chi connectivity index (χ4v) is 5.48. The van der Waals surface area contributed by atoms with E-state index in [0.717, 1.165) is 5.56 Å². The first-order valence-corrected chi connectivity index (χ1v) is 13.5. The number of hydrogen-bond acceptors (Lipinski definition) is 6. The van der Waals surface area contributed by atoms with Crippen LogP contribution in [0.3, 0.4) is 0 Å². The maximum atomic E-state index is 13.0. The minimum Gasteiger partial charge on any atom is -0.475 e. The molecule has 2 N–H and O–H groups in total. The molecule has 0 bridgehead atoms. The van der Waals surface area contributed by atoms with Gasteiger partial charge >= 0.3 is 12.1 Å². The third kappa shape index (κ3) is 7.39. The Hall–Kier alpha value is -2.91. The number of sulfonamides is 1. The summed E-state index contributed by atoms with van der Waals surface area (Å²) in [6.07, 6.45) is -3.46. The van der Waals surface area contributed by atoms with E-state index < -0.39 is 22.2 Å². The highest BCUT2D eigenvalue weighted by atomic mass is 35.5. The molecule has 0 aliphatic carbocycles. The zero-order chi connectivity index (χ0) is 29.1. The van der Waals surface area contributed by atoms with Crippen LogP contribution in [0.2, 0.25) is 10.0 Å². The Bertz CT molecular complexity index is 1500. The molecule has 1 aliphatic heterocycles. The van der Waals surface area contributed by atoms with Crippen molar-refractivity contribution in [3.05, 3.63) is 73.7 Å². The molecule has 0 amide bonds. The standard InChI is InChI=1S/C21H23Cl2N5O3S.C2HF3O2/c1-14-18(11-15-3-4-16(22)12-19(15)23)21(29)28(25-14)20-6-5-17(13-24-20)32(30,31)27-9-7-26(2)8-10-27;3-2(4,5)1(6)7/h3-6,12-13,25H,7-11H2,1-2H3;(H,6,7). The Morgan fingerprint density at radius 1 is 1.13 bits per heavy atom. The van der Waals surface area contributed by atoms with E-state index in [-0.39, 0.29) is 10.5 Å². The molecule has 212 valence electrons. The Morgan fingerprint density at radius 2 is 1.74 bits per heavy atom. The number of nitrogens with one attached hydrogen (secondary N) is 1. The van der Waals surface area contributed by atoms with Gasteiger partial charge in [-0.1, -0.05) is 29.3 Å². The predicted octanol–water partition coefficient (Wildman–Crippen LogP) is 3.34. The summed E-state index contributed by atoms with van der Waals surface area (Å²) >= 11 is 12.2. The van der Waals surface area contributed by atoms with Gasteiger partial charge in [0.15, 0.2) is 5.82 Å². The first-order valence-electron chi connectivity index (χ1n) is 11.3. The lowest BCUT2D eigenvalue weighted by atomic mass is 10.1. The lowest BCUT2D eigenvalue weighted by molar-refractivity contribution is -0.192. The molecule has 1 aliphatic rings. The van der Waals surface area contributed by atoms with Crippen molar-refractivity contribution in [3.63, 3.8) is 0 Å². The second-order valence-electron chi connectivity index (χ2n) is 8.63. The second-order valence-corrected chi connectivity index (χ2v) is 11.4. The second kappa shape index (κ2) is 12.1. The van der Waals surface area contributed by atoms with E-state index >= 15 is 0 Å². The molecular weight excluding hydrogens is 586 g/mol. The van der Waals surface area contributed by atoms with Crippen LogP contribution < -0.4 is 5.56 Å². The Balaban J connectivity index is 0.000000532. The van der Waals surface area contributed by atoms with Crippen molar-refractivity contribution in [2.75, 3.05) is 33.2 Å². The number of aromatic nitrogens is 3. The molecule has 16 heteroatoms. The zero-order valence-electron chi connectivity index (χ0n) is 20.7. The summed E-state index contributed by atoms with van der Waals surface area (Å²) in [4.78, 5) is 28.4. The van der Waals surface area contributed by atoms with Gasteiger partial charge in [0.1, 0.15) is 4.90 Å². The van der Waals surface area contributed by atoms with Crippen molar-refractivity contribution in [2.45, 2.75) is 24.4 Å². The molecule has 1 fully saturated rings. The summed E-state index contributed by atoms with van der Waals surface area (Å²) in [6, 6.07) is 8.16. The average Bonchev–Trinajstić information content (AvgIpc) is 3.14. The van der Waals surface area contributed by atoms with E-state index in [1.165, 1.54) is 27.3 Å². The molecule has 4 rings (SSSR count). The normalized spacial score (nSPS) is 15.1. The number of piperazine rings is 1. The highest BCUT2D eigenvalue weighted by Crippen LogP contribution is 2.24. The van der Waals surface area contributed by atoms with Crippen molar-refractivity contribution in [2.24, 2.45) is 0 Å². The molecule has 0 unspecified atom stereocenters. The summed E-state index contributed by atoms with van der Waals surface area (Å²) in [6.45, 7) is 4.03. The molecule has 0 atom stereocenters.